The van der Waals surface area contributed by atoms with Crippen LogP contribution >= 0.6 is 0 Å². The number of benzene rings is 1. The van der Waals surface area contributed by atoms with Crippen LogP contribution in [0.25, 0.3) is 0 Å². The highest BCUT2D eigenvalue weighted by Gasteiger charge is 2.11. The van der Waals surface area contributed by atoms with Crippen molar-refractivity contribution in [1.82, 2.24) is 10.2 Å². The van der Waals surface area contributed by atoms with Gasteiger partial charge < -0.3 is 5.32 Å². The van der Waals surface area contributed by atoms with Crippen molar-refractivity contribution in [3.8, 4) is 0 Å². The number of nitrogens with one attached hydrogen (secondary N) is 1. The standard InChI is InChI=1S/C12H16F2N2/c13-11-3-2-10(12(14)8-11)9-16-6-1-4-15-5-7-16/h2-3,8,15H,1,4-7,9H2. The van der Waals surface area contributed by atoms with Crippen molar-refractivity contribution in [3.63, 3.8) is 0 Å². The van der Waals surface area contributed by atoms with Gasteiger partial charge in [-0.05, 0) is 25.6 Å². The quantitative estimate of drug-likeness (QED) is 0.826. The predicted octanol–water partition coefficient (Wildman–Crippen LogP) is 1.76. The summed E-state index contributed by atoms with van der Waals surface area (Å²) in [6.45, 7) is 4.39. The summed E-state index contributed by atoms with van der Waals surface area (Å²) in [7, 11) is 0. The van der Waals surface area contributed by atoms with Crippen LogP contribution in [0.2, 0.25) is 0 Å². The fraction of sp³-hybridized carbons (Fsp3) is 0.500. The molecule has 88 valence electrons. The lowest BCUT2D eigenvalue weighted by molar-refractivity contribution is 0.280. The molecule has 0 spiro atoms. The number of hydrogen-bond acceptors (Lipinski definition) is 2. The molecule has 0 saturated carbocycles. The summed E-state index contributed by atoms with van der Waals surface area (Å²) >= 11 is 0. The molecule has 0 unspecified atom stereocenters. The van der Waals surface area contributed by atoms with Gasteiger partial charge in [-0.25, -0.2) is 8.78 Å². The Hall–Kier alpha value is -1.00. The van der Waals surface area contributed by atoms with Crippen LogP contribution < -0.4 is 5.32 Å². The van der Waals surface area contributed by atoms with E-state index in [4.69, 9.17) is 0 Å². The van der Waals surface area contributed by atoms with Crippen molar-refractivity contribution in [2.75, 3.05) is 26.2 Å². The zero-order valence-electron chi connectivity index (χ0n) is 9.18. The molecule has 1 aromatic carbocycles. The van der Waals surface area contributed by atoms with Crippen LogP contribution in [0.5, 0.6) is 0 Å². The third-order valence-corrected chi connectivity index (χ3v) is 2.84. The molecule has 2 rings (SSSR count). The summed E-state index contributed by atoms with van der Waals surface area (Å²) in [6, 6.07) is 3.79. The summed E-state index contributed by atoms with van der Waals surface area (Å²) < 4.78 is 26.2. The van der Waals surface area contributed by atoms with Crippen molar-refractivity contribution in [2.45, 2.75) is 13.0 Å². The molecule has 4 heteroatoms. The minimum absolute atomic E-state index is 0.447. The van der Waals surface area contributed by atoms with Gasteiger partial charge in [0.1, 0.15) is 11.6 Å². The van der Waals surface area contributed by atoms with E-state index in [1.165, 1.54) is 12.1 Å². The number of nitrogens with zero attached hydrogens (tertiary/aromatic N) is 1. The maximum absolute atomic E-state index is 13.4. The molecule has 1 fully saturated rings. The molecule has 1 saturated heterocycles. The van der Waals surface area contributed by atoms with E-state index in [-0.39, 0.29) is 0 Å². The van der Waals surface area contributed by atoms with Gasteiger partial charge in [0.15, 0.2) is 0 Å². The molecule has 0 amide bonds. The Morgan fingerprint density at radius 1 is 1.19 bits per heavy atom. The van der Waals surface area contributed by atoms with Gasteiger partial charge in [-0.3, -0.25) is 4.90 Å². The molecule has 0 atom stereocenters. The van der Waals surface area contributed by atoms with E-state index < -0.39 is 11.6 Å². The van der Waals surface area contributed by atoms with Gasteiger partial charge in [-0.2, -0.15) is 0 Å². The van der Waals surface area contributed by atoms with Gasteiger partial charge >= 0.3 is 0 Å². The van der Waals surface area contributed by atoms with Gasteiger partial charge in [0, 0.05) is 31.3 Å². The third kappa shape index (κ3) is 3.00. The Kier molecular flexibility index (Phi) is 3.85. The SMILES string of the molecule is Fc1ccc(CN2CCCNCC2)c(F)c1. The van der Waals surface area contributed by atoms with Crippen LogP contribution in [0, 0.1) is 11.6 Å². The Labute approximate surface area is 94.3 Å². The van der Waals surface area contributed by atoms with Crippen molar-refractivity contribution >= 4 is 0 Å². The Morgan fingerprint density at radius 2 is 2.06 bits per heavy atom. The highest BCUT2D eigenvalue weighted by atomic mass is 19.1. The fourth-order valence-electron chi connectivity index (χ4n) is 1.95. The third-order valence-electron chi connectivity index (χ3n) is 2.84. The van der Waals surface area contributed by atoms with Crippen LogP contribution in [0.1, 0.15) is 12.0 Å². The molecule has 16 heavy (non-hydrogen) atoms. The van der Waals surface area contributed by atoms with E-state index in [9.17, 15) is 8.78 Å². The Morgan fingerprint density at radius 3 is 2.88 bits per heavy atom. The lowest BCUT2D eigenvalue weighted by Crippen LogP contribution is -2.28. The van der Waals surface area contributed by atoms with E-state index in [0.717, 1.165) is 38.7 Å². The highest BCUT2D eigenvalue weighted by Crippen LogP contribution is 2.12. The second kappa shape index (κ2) is 5.37. The molecule has 0 radical (unpaired) electrons. The normalized spacial score (nSPS) is 18.4. The summed E-state index contributed by atoms with van der Waals surface area (Å²) in [4.78, 5) is 2.19. The molecule has 1 aliphatic rings. The average molecular weight is 226 g/mol. The first kappa shape index (κ1) is 11.5. The molecule has 1 aromatic rings. The zero-order chi connectivity index (χ0) is 11.4. The maximum Gasteiger partial charge on any atom is 0.130 e. The number of hydrogen-bond donors (Lipinski definition) is 1. The first-order valence-electron chi connectivity index (χ1n) is 5.63. The molecular formula is C12H16F2N2. The molecule has 1 heterocycles. The van der Waals surface area contributed by atoms with Crippen LogP contribution in [0.3, 0.4) is 0 Å². The first-order chi connectivity index (χ1) is 7.75. The van der Waals surface area contributed by atoms with E-state index in [2.05, 4.69) is 10.2 Å². The highest BCUT2D eigenvalue weighted by molar-refractivity contribution is 5.18. The summed E-state index contributed by atoms with van der Waals surface area (Å²) in [6.07, 6.45) is 1.07. The monoisotopic (exact) mass is 226 g/mol. The van der Waals surface area contributed by atoms with Crippen LogP contribution in [-0.4, -0.2) is 31.1 Å². The van der Waals surface area contributed by atoms with Crippen molar-refractivity contribution in [2.24, 2.45) is 0 Å². The zero-order valence-corrected chi connectivity index (χ0v) is 9.18. The number of halogens is 2. The van der Waals surface area contributed by atoms with E-state index >= 15 is 0 Å². The maximum atomic E-state index is 13.4. The summed E-state index contributed by atoms with van der Waals surface area (Å²) in [5, 5.41) is 3.29. The van der Waals surface area contributed by atoms with Gasteiger partial charge in [0.25, 0.3) is 0 Å². The molecule has 0 aromatic heterocycles. The summed E-state index contributed by atoms with van der Waals surface area (Å²) in [5.74, 6) is -0.962. The lowest BCUT2D eigenvalue weighted by Gasteiger charge is -2.19. The first-order valence-corrected chi connectivity index (χ1v) is 5.63. The largest absolute Gasteiger partial charge is 0.315 e. The molecular weight excluding hydrogens is 210 g/mol. The second-order valence-corrected chi connectivity index (χ2v) is 4.12. The topological polar surface area (TPSA) is 15.3 Å². The molecule has 2 nitrogen and oxygen atoms in total. The molecule has 0 aliphatic carbocycles. The Bertz CT molecular complexity index is 347. The van der Waals surface area contributed by atoms with E-state index in [1.54, 1.807) is 0 Å². The van der Waals surface area contributed by atoms with Crippen molar-refractivity contribution < 1.29 is 8.78 Å². The number of rotatable bonds is 2. The van der Waals surface area contributed by atoms with Crippen LogP contribution in [0.4, 0.5) is 8.78 Å². The molecule has 1 aliphatic heterocycles. The van der Waals surface area contributed by atoms with Crippen LogP contribution in [0.15, 0.2) is 18.2 Å². The minimum Gasteiger partial charge on any atom is -0.315 e. The Balaban J connectivity index is 2.01. The predicted molar refractivity (Wildman–Crippen MR) is 59.1 cm³/mol. The van der Waals surface area contributed by atoms with Crippen LogP contribution in [-0.2, 0) is 6.54 Å². The lowest BCUT2D eigenvalue weighted by atomic mass is 10.2. The summed E-state index contributed by atoms with van der Waals surface area (Å²) in [5.41, 5.74) is 0.573. The van der Waals surface area contributed by atoms with Gasteiger partial charge in [-0.15, -0.1) is 0 Å². The van der Waals surface area contributed by atoms with Crippen molar-refractivity contribution in [1.29, 1.82) is 0 Å². The minimum atomic E-state index is -0.515. The molecule has 0 bridgehead atoms. The van der Waals surface area contributed by atoms with Gasteiger partial charge in [0.05, 0.1) is 0 Å². The molecule has 1 N–H and O–H groups in total. The van der Waals surface area contributed by atoms with E-state index in [1.807, 2.05) is 0 Å². The fourth-order valence-corrected chi connectivity index (χ4v) is 1.95. The van der Waals surface area contributed by atoms with Gasteiger partial charge in [0.2, 0.25) is 0 Å². The smallest absolute Gasteiger partial charge is 0.130 e. The van der Waals surface area contributed by atoms with Gasteiger partial charge in [-0.1, -0.05) is 6.07 Å². The average Bonchev–Trinajstić information content (AvgIpc) is 2.51. The van der Waals surface area contributed by atoms with E-state index in [0.29, 0.717) is 12.1 Å². The second-order valence-electron chi connectivity index (χ2n) is 4.12. The van der Waals surface area contributed by atoms with Crippen molar-refractivity contribution in [3.05, 3.63) is 35.4 Å².